The smallest absolute Gasteiger partial charge is 0.0259 e. The maximum atomic E-state index is 2.46. The van der Waals surface area contributed by atoms with Gasteiger partial charge in [0.15, 0.2) is 0 Å². The molecule has 1 aliphatic carbocycles. The Bertz CT molecular complexity index is 222. The zero-order valence-corrected chi connectivity index (χ0v) is 11.9. The molecule has 0 spiro atoms. The molecule has 0 aromatic heterocycles. The number of hydrogen-bond acceptors (Lipinski definition) is 0. The molecule has 0 heteroatoms. The standard InChI is InChI=1S/C16H30/c1-6-15-11-16(15)14(5)9-7-8-13(4)10-12(2)3/h10,13-16H,6-9,11H2,1-5H3. The number of hydrogen-bond donors (Lipinski definition) is 0. The molecule has 0 aromatic carbocycles. The first kappa shape index (κ1) is 13.8. The topological polar surface area (TPSA) is 0 Å². The SMILES string of the molecule is CCC1CC1C(C)CCCC(C)C=C(C)C. The molecule has 4 atom stereocenters. The van der Waals surface area contributed by atoms with Gasteiger partial charge < -0.3 is 0 Å². The van der Waals surface area contributed by atoms with Crippen LogP contribution in [-0.4, -0.2) is 0 Å². The highest BCUT2D eigenvalue weighted by Gasteiger charge is 2.38. The van der Waals surface area contributed by atoms with Crippen molar-refractivity contribution in [2.45, 2.75) is 66.7 Å². The lowest BCUT2D eigenvalue weighted by molar-refractivity contribution is 0.408. The van der Waals surface area contributed by atoms with Gasteiger partial charge in [0.25, 0.3) is 0 Å². The summed E-state index contributed by atoms with van der Waals surface area (Å²) in [5, 5.41) is 0. The van der Waals surface area contributed by atoms with E-state index in [1.807, 2.05) is 0 Å². The Morgan fingerprint density at radius 3 is 2.44 bits per heavy atom. The van der Waals surface area contributed by atoms with E-state index in [-0.39, 0.29) is 0 Å². The summed E-state index contributed by atoms with van der Waals surface area (Å²) in [6, 6.07) is 0. The van der Waals surface area contributed by atoms with Crippen LogP contribution in [0.3, 0.4) is 0 Å². The van der Waals surface area contributed by atoms with E-state index in [1.165, 1.54) is 37.7 Å². The van der Waals surface area contributed by atoms with E-state index >= 15 is 0 Å². The van der Waals surface area contributed by atoms with E-state index in [2.05, 4.69) is 40.7 Å². The van der Waals surface area contributed by atoms with Gasteiger partial charge in [-0.2, -0.15) is 0 Å². The van der Waals surface area contributed by atoms with Gasteiger partial charge in [0.1, 0.15) is 0 Å². The monoisotopic (exact) mass is 222 g/mol. The van der Waals surface area contributed by atoms with Gasteiger partial charge in [-0.3, -0.25) is 0 Å². The normalized spacial score (nSPS) is 27.3. The van der Waals surface area contributed by atoms with Crippen LogP contribution in [0.2, 0.25) is 0 Å². The van der Waals surface area contributed by atoms with Crippen molar-refractivity contribution in [1.29, 1.82) is 0 Å². The molecule has 0 N–H and O–H groups in total. The summed E-state index contributed by atoms with van der Waals surface area (Å²) in [6.07, 6.45) is 9.57. The summed E-state index contributed by atoms with van der Waals surface area (Å²) in [7, 11) is 0. The summed E-state index contributed by atoms with van der Waals surface area (Å²) in [4.78, 5) is 0. The first-order chi connectivity index (χ1) is 7.54. The second-order valence-corrected chi connectivity index (χ2v) is 6.20. The molecule has 0 amide bonds. The minimum absolute atomic E-state index is 0.776. The van der Waals surface area contributed by atoms with Crippen LogP contribution >= 0.6 is 0 Å². The van der Waals surface area contributed by atoms with Gasteiger partial charge in [0, 0.05) is 0 Å². The Morgan fingerprint density at radius 2 is 1.94 bits per heavy atom. The molecule has 0 radical (unpaired) electrons. The Kier molecular flexibility index (Phi) is 5.58. The summed E-state index contributed by atoms with van der Waals surface area (Å²) in [5.74, 6) is 3.90. The van der Waals surface area contributed by atoms with Crippen molar-refractivity contribution in [2.75, 3.05) is 0 Å². The highest BCUT2D eigenvalue weighted by Crippen LogP contribution is 2.47. The lowest BCUT2D eigenvalue weighted by Gasteiger charge is -2.12. The van der Waals surface area contributed by atoms with Crippen molar-refractivity contribution < 1.29 is 0 Å². The van der Waals surface area contributed by atoms with Crippen molar-refractivity contribution in [3.63, 3.8) is 0 Å². The fraction of sp³-hybridized carbons (Fsp3) is 0.875. The van der Waals surface area contributed by atoms with Crippen LogP contribution in [0.4, 0.5) is 0 Å². The van der Waals surface area contributed by atoms with Crippen LogP contribution in [0.15, 0.2) is 11.6 Å². The third-order valence-electron chi connectivity index (χ3n) is 4.17. The van der Waals surface area contributed by atoms with E-state index in [0.717, 1.165) is 23.7 Å². The van der Waals surface area contributed by atoms with Crippen LogP contribution in [-0.2, 0) is 0 Å². The third-order valence-corrected chi connectivity index (χ3v) is 4.17. The van der Waals surface area contributed by atoms with Gasteiger partial charge in [-0.15, -0.1) is 0 Å². The molecule has 0 bridgehead atoms. The van der Waals surface area contributed by atoms with Gasteiger partial charge in [0.2, 0.25) is 0 Å². The Hall–Kier alpha value is -0.260. The molecule has 0 saturated heterocycles. The van der Waals surface area contributed by atoms with E-state index in [0.29, 0.717) is 0 Å². The van der Waals surface area contributed by atoms with Crippen molar-refractivity contribution in [3.05, 3.63) is 11.6 Å². The maximum absolute atomic E-state index is 2.46. The van der Waals surface area contributed by atoms with Gasteiger partial charge in [-0.05, 0) is 50.4 Å². The molecule has 1 rings (SSSR count). The van der Waals surface area contributed by atoms with Crippen molar-refractivity contribution >= 4 is 0 Å². The van der Waals surface area contributed by atoms with Gasteiger partial charge in [0.05, 0.1) is 0 Å². The molecule has 0 aliphatic heterocycles. The first-order valence-corrected chi connectivity index (χ1v) is 7.19. The average molecular weight is 222 g/mol. The molecule has 0 aromatic rings. The highest BCUT2D eigenvalue weighted by atomic mass is 14.4. The van der Waals surface area contributed by atoms with Crippen molar-refractivity contribution in [3.8, 4) is 0 Å². The molecular weight excluding hydrogens is 192 g/mol. The van der Waals surface area contributed by atoms with Crippen molar-refractivity contribution in [2.24, 2.45) is 23.7 Å². The Morgan fingerprint density at radius 1 is 1.25 bits per heavy atom. The molecule has 0 heterocycles. The van der Waals surface area contributed by atoms with Gasteiger partial charge in [-0.1, -0.05) is 51.7 Å². The van der Waals surface area contributed by atoms with Crippen LogP contribution < -0.4 is 0 Å². The van der Waals surface area contributed by atoms with Crippen molar-refractivity contribution in [1.82, 2.24) is 0 Å². The summed E-state index contributed by atoms with van der Waals surface area (Å²) < 4.78 is 0. The molecule has 4 unspecified atom stereocenters. The largest absolute Gasteiger partial charge is 0.0830 e. The van der Waals surface area contributed by atoms with Crippen LogP contribution in [0.5, 0.6) is 0 Å². The lowest BCUT2D eigenvalue weighted by atomic mass is 9.93. The molecule has 16 heavy (non-hydrogen) atoms. The predicted molar refractivity (Wildman–Crippen MR) is 73.5 cm³/mol. The minimum atomic E-state index is 0.776. The van der Waals surface area contributed by atoms with E-state index < -0.39 is 0 Å². The van der Waals surface area contributed by atoms with E-state index in [1.54, 1.807) is 0 Å². The summed E-state index contributed by atoms with van der Waals surface area (Å²) >= 11 is 0. The second-order valence-electron chi connectivity index (χ2n) is 6.20. The quantitative estimate of drug-likeness (QED) is 0.503. The summed E-state index contributed by atoms with van der Waals surface area (Å²) in [5.41, 5.74) is 1.47. The van der Waals surface area contributed by atoms with Crippen LogP contribution in [0.1, 0.15) is 66.7 Å². The second kappa shape index (κ2) is 6.47. The lowest BCUT2D eigenvalue weighted by Crippen LogP contribution is -2.01. The molecule has 94 valence electrons. The zero-order chi connectivity index (χ0) is 12.1. The number of allylic oxidation sites excluding steroid dienone is 2. The Balaban J connectivity index is 2.09. The summed E-state index contributed by atoms with van der Waals surface area (Å²) in [6.45, 7) is 11.6. The molecule has 1 fully saturated rings. The van der Waals surface area contributed by atoms with Crippen LogP contribution in [0, 0.1) is 23.7 Å². The molecule has 1 aliphatic rings. The maximum Gasteiger partial charge on any atom is -0.0259 e. The van der Waals surface area contributed by atoms with Crippen LogP contribution in [0.25, 0.3) is 0 Å². The molecular formula is C16H30. The molecule has 1 saturated carbocycles. The fourth-order valence-corrected chi connectivity index (χ4v) is 3.07. The van der Waals surface area contributed by atoms with Gasteiger partial charge >= 0.3 is 0 Å². The highest BCUT2D eigenvalue weighted by molar-refractivity contribution is 4.96. The first-order valence-electron chi connectivity index (χ1n) is 7.19. The fourth-order valence-electron chi connectivity index (χ4n) is 3.07. The van der Waals surface area contributed by atoms with E-state index in [4.69, 9.17) is 0 Å². The minimum Gasteiger partial charge on any atom is -0.0830 e. The van der Waals surface area contributed by atoms with Gasteiger partial charge in [-0.25, -0.2) is 0 Å². The predicted octanol–water partition coefficient (Wildman–Crippen LogP) is 5.44. The Labute approximate surface area is 103 Å². The number of rotatable bonds is 7. The van der Waals surface area contributed by atoms with E-state index in [9.17, 15) is 0 Å². The zero-order valence-electron chi connectivity index (χ0n) is 11.9. The average Bonchev–Trinajstić information content (AvgIpc) is 2.95. The molecule has 0 nitrogen and oxygen atoms in total. The third kappa shape index (κ3) is 4.72.